The third-order valence-electron chi connectivity index (χ3n) is 2.82. The Morgan fingerprint density at radius 3 is 2.53 bits per heavy atom. The first-order valence-corrected chi connectivity index (χ1v) is 6.52. The minimum absolute atomic E-state index is 0.0258. The van der Waals surface area contributed by atoms with Gasteiger partial charge in [0.15, 0.2) is 0 Å². The predicted octanol–water partition coefficient (Wildman–Crippen LogP) is 2.07. The number of nitrogens with two attached hydrogens (primary N) is 1. The van der Waals surface area contributed by atoms with Gasteiger partial charge in [0.2, 0.25) is 5.91 Å². The van der Waals surface area contributed by atoms with Crippen LogP contribution in [-0.4, -0.2) is 10.5 Å². The molecule has 1 amide bonds. The zero-order valence-corrected chi connectivity index (χ0v) is 12.0. The van der Waals surface area contributed by atoms with Gasteiger partial charge in [-0.15, -0.1) is 0 Å². The number of rotatable bonds is 3. The predicted molar refractivity (Wildman–Crippen MR) is 77.2 cm³/mol. The SMILES string of the molecule is Cc1cc(Br)cn(Cc2ccc(C(N)=O)cc2)c1=O. The zero-order chi connectivity index (χ0) is 14.0. The molecule has 0 unspecified atom stereocenters. The van der Waals surface area contributed by atoms with E-state index in [2.05, 4.69) is 15.9 Å². The van der Waals surface area contributed by atoms with Crippen LogP contribution in [0.1, 0.15) is 21.5 Å². The van der Waals surface area contributed by atoms with E-state index >= 15 is 0 Å². The van der Waals surface area contributed by atoms with Crippen LogP contribution in [0.25, 0.3) is 0 Å². The number of nitrogens with zero attached hydrogens (tertiary/aromatic N) is 1. The summed E-state index contributed by atoms with van der Waals surface area (Å²) in [5.41, 5.74) is 7.23. The lowest BCUT2D eigenvalue weighted by Crippen LogP contribution is -2.22. The van der Waals surface area contributed by atoms with E-state index in [1.807, 2.05) is 0 Å². The first kappa shape index (κ1) is 13.5. The van der Waals surface area contributed by atoms with E-state index in [1.54, 1.807) is 48.0 Å². The lowest BCUT2D eigenvalue weighted by atomic mass is 10.1. The molecule has 0 radical (unpaired) electrons. The number of carbonyl (C=O) groups excluding carboxylic acids is 1. The smallest absolute Gasteiger partial charge is 0.253 e. The standard InChI is InChI=1S/C14H13BrN2O2/c1-9-6-12(15)8-17(14(9)19)7-10-2-4-11(5-3-10)13(16)18/h2-6,8H,7H2,1H3,(H2,16,18). The molecule has 0 aliphatic carbocycles. The Balaban J connectivity index is 2.31. The lowest BCUT2D eigenvalue weighted by molar-refractivity contribution is 0.100. The summed E-state index contributed by atoms with van der Waals surface area (Å²) in [7, 11) is 0. The number of benzene rings is 1. The van der Waals surface area contributed by atoms with Crippen LogP contribution in [0.3, 0.4) is 0 Å². The molecule has 19 heavy (non-hydrogen) atoms. The number of aryl methyl sites for hydroxylation is 1. The summed E-state index contributed by atoms with van der Waals surface area (Å²) in [4.78, 5) is 22.9. The minimum Gasteiger partial charge on any atom is -0.366 e. The minimum atomic E-state index is -0.456. The molecule has 1 aromatic carbocycles. The van der Waals surface area contributed by atoms with Gasteiger partial charge in [-0.25, -0.2) is 0 Å². The molecule has 0 saturated carbocycles. The van der Waals surface area contributed by atoms with Crippen LogP contribution >= 0.6 is 15.9 Å². The van der Waals surface area contributed by atoms with Gasteiger partial charge < -0.3 is 10.3 Å². The number of aromatic nitrogens is 1. The van der Waals surface area contributed by atoms with Crippen LogP contribution in [-0.2, 0) is 6.54 Å². The fourth-order valence-electron chi connectivity index (χ4n) is 1.83. The molecule has 1 aromatic heterocycles. The van der Waals surface area contributed by atoms with Crippen molar-refractivity contribution in [2.24, 2.45) is 5.73 Å². The number of hydrogen-bond acceptors (Lipinski definition) is 2. The summed E-state index contributed by atoms with van der Waals surface area (Å²) in [5.74, 6) is -0.456. The van der Waals surface area contributed by atoms with Gasteiger partial charge >= 0.3 is 0 Å². The molecule has 0 atom stereocenters. The van der Waals surface area contributed by atoms with Gasteiger partial charge in [0.05, 0.1) is 6.54 Å². The first-order valence-electron chi connectivity index (χ1n) is 5.72. The quantitative estimate of drug-likeness (QED) is 0.940. The summed E-state index contributed by atoms with van der Waals surface area (Å²) in [6.45, 7) is 2.23. The molecular formula is C14H13BrN2O2. The number of carbonyl (C=O) groups is 1. The second kappa shape index (κ2) is 5.40. The molecule has 0 spiro atoms. The number of amides is 1. The maximum Gasteiger partial charge on any atom is 0.253 e. The van der Waals surface area contributed by atoms with Gasteiger partial charge in [-0.1, -0.05) is 12.1 Å². The maximum atomic E-state index is 12.0. The van der Waals surface area contributed by atoms with Crippen molar-refractivity contribution in [3.63, 3.8) is 0 Å². The first-order chi connectivity index (χ1) is 8.97. The van der Waals surface area contributed by atoms with Crippen LogP contribution in [0, 0.1) is 6.92 Å². The summed E-state index contributed by atoms with van der Waals surface area (Å²) >= 11 is 3.37. The Labute approximate surface area is 119 Å². The number of primary amides is 1. The summed E-state index contributed by atoms with van der Waals surface area (Å²) in [6.07, 6.45) is 1.75. The van der Waals surface area contributed by atoms with Crippen molar-refractivity contribution < 1.29 is 4.79 Å². The van der Waals surface area contributed by atoms with Crippen molar-refractivity contribution in [2.75, 3.05) is 0 Å². The van der Waals surface area contributed by atoms with Gasteiger partial charge in [0.1, 0.15) is 0 Å². The van der Waals surface area contributed by atoms with E-state index in [-0.39, 0.29) is 5.56 Å². The summed E-state index contributed by atoms with van der Waals surface area (Å²) in [5, 5.41) is 0. The Kier molecular flexibility index (Phi) is 3.85. The molecule has 5 heteroatoms. The fourth-order valence-corrected chi connectivity index (χ4v) is 2.42. The molecular weight excluding hydrogens is 308 g/mol. The molecule has 1 heterocycles. The molecule has 0 bridgehead atoms. The van der Waals surface area contributed by atoms with Gasteiger partial charge in [0.25, 0.3) is 5.56 Å². The zero-order valence-electron chi connectivity index (χ0n) is 10.4. The van der Waals surface area contributed by atoms with Crippen molar-refractivity contribution in [3.8, 4) is 0 Å². The molecule has 2 rings (SSSR count). The van der Waals surface area contributed by atoms with Crippen molar-refractivity contribution in [3.05, 3.63) is 68.0 Å². The Morgan fingerprint density at radius 2 is 1.95 bits per heavy atom. The highest BCUT2D eigenvalue weighted by Crippen LogP contribution is 2.10. The van der Waals surface area contributed by atoms with Gasteiger partial charge in [-0.05, 0) is 46.6 Å². The largest absolute Gasteiger partial charge is 0.366 e. The highest BCUT2D eigenvalue weighted by Gasteiger charge is 2.04. The Morgan fingerprint density at radius 1 is 1.32 bits per heavy atom. The third kappa shape index (κ3) is 3.12. The monoisotopic (exact) mass is 320 g/mol. The van der Waals surface area contributed by atoms with Crippen molar-refractivity contribution in [2.45, 2.75) is 13.5 Å². The Hall–Kier alpha value is -1.88. The van der Waals surface area contributed by atoms with E-state index < -0.39 is 5.91 Å². The van der Waals surface area contributed by atoms with E-state index in [9.17, 15) is 9.59 Å². The molecule has 0 saturated heterocycles. The molecule has 98 valence electrons. The van der Waals surface area contributed by atoms with Crippen LogP contribution in [0.15, 0.2) is 45.8 Å². The molecule has 0 aliphatic rings. The topological polar surface area (TPSA) is 65.1 Å². The van der Waals surface area contributed by atoms with Crippen molar-refractivity contribution in [1.82, 2.24) is 4.57 Å². The number of pyridine rings is 1. The van der Waals surface area contributed by atoms with E-state index in [4.69, 9.17) is 5.73 Å². The van der Waals surface area contributed by atoms with Crippen LogP contribution < -0.4 is 11.3 Å². The van der Waals surface area contributed by atoms with Crippen molar-refractivity contribution in [1.29, 1.82) is 0 Å². The molecule has 4 nitrogen and oxygen atoms in total. The second-order valence-electron chi connectivity index (χ2n) is 4.34. The Bertz CT molecular complexity index is 675. The van der Waals surface area contributed by atoms with Crippen LogP contribution in [0.5, 0.6) is 0 Å². The fraction of sp³-hybridized carbons (Fsp3) is 0.143. The van der Waals surface area contributed by atoms with Crippen LogP contribution in [0.2, 0.25) is 0 Å². The van der Waals surface area contributed by atoms with Gasteiger partial charge in [-0.3, -0.25) is 9.59 Å². The highest BCUT2D eigenvalue weighted by atomic mass is 79.9. The normalized spacial score (nSPS) is 10.4. The molecule has 2 aromatic rings. The third-order valence-corrected chi connectivity index (χ3v) is 3.26. The molecule has 0 aliphatic heterocycles. The van der Waals surface area contributed by atoms with Gasteiger partial charge in [-0.2, -0.15) is 0 Å². The highest BCUT2D eigenvalue weighted by molar-refractivity contribution is 9.10. The second-order valence-corrected chi connectivity index (χ2v) is 5.25. The molecule has 0 fully saturated rings. The summed E-state index contributed by atoms with van der Waals surface area (Å²) < 4.78 is 2.48. The summed E-state index contributed by atoms with van der Waals surface area (Å²) in [6, 6.07) is 8.70. The molecule has 2 N–H and O–H groups in total. The number of halogens is 1. The average Bonchev–Trinajstić information content (AvgIpc) is 2.36. The van der Waals surface area contributed by atoms with Crippen LogP contribution in [0.4, 0.5) is 0 Å². The average molecular weight is 321 g/mol. The number of hydrogen-bond donors (Lipinski definition) is 1. The van der Waals surface area contributed by atoms with E-state index in [0.29, 0.717) is 17.7 Å². The maximum absolute atomic E-state index is 12.0. The van der Waals surface area contributed by atoms with Gasteiger partial charge in [0, 0.05) is 21.8 Å². The lowest BCUT2D eigenvalue weighted by Gasteiger charge is -2.08. The van der Waals surface area contributed by atoms with Crippen molar-refractivity contribution >= 4 is 21.8 Å². The van der Waals surface area contributed by atoms with E-state index in [0.717, 1.165) is 10.0 Å². The van der Waals surface area contributed by atoms with E-state index in [1.165, 1.54) is 0 Å².